The summed E-state index contributed by atoms with van der Waals surface area (Å²) in [6.45, 7) is 0.277. The highest BCUT2D eigenvalue weighted by atomic mass is 32.2. The van der Waals surface area contributed by atoms with Gasteiger partial charge in [0, 0.05) is 6.54 Å². The molecule has 0 bridgehead atoms. The van der Waals surface area contributed by atoms with Crippen molar-refractivity contribution in [2.45, 2.75) is 18.8 Å². The third-order valence-electron chi connectivity index (χ3n) is 3.38. The van der Waals surface area contributed by atoms with Crippen LogP contribution in [-0.2, 0) is 27.3 Å². The second-order valence-electron chi connectivity index (χ2n) is 5.39. The van der Waals surface area contributed by atoms with E-state index in [0.717, 1.165) is 12.1 Å². The number of guanidine groups is 1. The summed E-state index contributed by atoms with van der Waals surface area (Å²) in [5.74, 6) is -0.0808. The molecule has 3 N–H and O–H groups in total. The Bertz CT molecular complexity index is 705. The van der Waals surface area contributed by atoms with Gasteiger partial charge in [-0.15, -0.1) is 0 Å². The molecule has 0 saturated carbocycles. The van der Waals surface area contributed by atoms with Gasteiger partial charge < -0.3 is 15.8 Å². The van der Waals surface area contributed by atoms with Gasteiger partial charge in [0.2, 0.25) is 0 Å². The summed E-state index contributed by atoms with van der Waals surface area (Å²) < 4.78 is 66.1. The molecular weight excluding hydrogens is 347 g/mol. The van der Waals surface area contributed by atoms with Gasteiger partial charge >= 0.3 is 6.18 Å². The minimum atomic E-state index is -4.41. The number of benzene rings is 1. The van der Waals surface area contributed by atoms with E-state index in [1.807, 2.05) is 0 Å². The van der Waals surface area contributed by atoms with Gasteiger partial charge in [0.15, 0.2) is 15.8 Å². The molecule has 0 aromatic heterocycles. The second kappa shape index (κ2) is 7.39. The number of rotatable bonds is 4. The first kappa shape index (κ1) is 18.5. The first-order chi connectivity index (χ1) is 11.2. The van der Waals surface area contributed by atoms with Crippen LogP contribution in [0.3, 0.4) is 0 Å². The number of nitrogens with zero attached hydrogens (tertiary/aromatic N) is 1. The number of halogens is 3. The lowest BCUT2D eigenvalue weighted by atomic mass is 10.1. The highest BCUT2D eigenvalue weighted by molar-refractivity contribution is 7.91. The number of hydrogen-bond acceptors (Lipinski definition) is 4. The smallest absolute Gasteiger partial charge is 0.374 e. The molecule has 1 heterocycles. The summed E-state index contributed by atoms with van der Waals surface area (Å²) in [6, 6.07) is 4.81. The summed E-state index contributed by atoms with van der Waals surface area (Å²) >= 11 is 0. The van der Waals surface area contributed by atoms with Crippen LogP contribution in [0.2, 0.25) is 0 Å². The van der Waals surface area contributed by atoms with Gasteiger partial charge in [-0.25, -0.2) is 13.4 Å². The first-order valence-corrected chi connectivity index (χ1v) is 9.00. The Morgan fingerprint density at radius 1 is 1.42 bits per heavy atom. The molecule has 134 valence electrons. The zero-order valence-electron chi connectivity index (χ0n) is 12.7. The van der Waals surface area contributed by atoms with Crippen LogP contribution in [-0.4, -0.2) is 45.1 Å². The van der Waals surface area contributed by atoms with E-state index in [2.05, 4.69) is 10.3 Å². The van der Waals surface area contributed by atoms with E-state index in [1.165, 1.54) is 12.1 Å². The average Bonchev–Trinajstić information content (AvgIpc) is 2.49. The van der Waals surface area contributed by atoms with Gasteiger partial charge in [0.25, 0.3) is 0 Å². The molecule has 0 spiro atoms. The predicted molar refractivity (Wildman–Crippen MR) is 83.2 cm³/mol. The van der Waals surface area contributed by atoms with Gasteiger partial charge in [-0.1, -0.05) is 12.1 Å². The molecule has 1 atom stereocenters. The number of nitrogens with two attached hydrogens (primary N) is 1. The Morgan fingerprint density at radius 3 is 2.83 bits per heavy atom. The maximum absolute atomic E-state index is 12.6. The van der Waals surface area contributed by atoms with Gasteiger partial charge in [-0.2, -0.15) is 13.2 Å². The van der Waals surface area contributed by atoms with Crippen molar-refractivity contribution < 1.29 is 26.3 Å². The monoisotopic (exact) mass is 365 g/mol. The Morgan fingerprint density at radius 2 is 2.17 bits per heavy atom. The van der Waals surface area contributed by atoms with Crippen LogP contribution in [0.5, 0.6) is 0 Å². The standard InChI is InChI=1S/C14H18F3N3O3S/c15-14(16,17)11-3-1-2-10(6-11)7-19-13(18)20-8-12-9-24(21,22)5-4-23-12/h1-3,6,12H,4-5,7-9H2,(H3,18,19,20). The largest absolute Gasteiger partial charge is 0.416 e. The molecule has 1 aromatic rings. The lowest BCUT2D eigenvalue weighted by molar-refractivity contribution is -0.137. The van der Waals surface area contributed by atoms with Gasteiger partial charge in [0.1, 0.15) is 0 Å². The van der Waals surface area contributed by atoms with E-state index >= 15 is 0 Å². The first-order valence-electron chi connectivity index (χ1n) is 7.18. The SMILES string of the molecule is NC(=NCc1cccc(C(F)(F)F)c1)NCC1CS(=O)(=O)CCO1. The fourth-order valence-electron chi connectivity index (χ4n) is 2.17. The van der Waals surface area contributed by atoms with Crippen LogP contribution in [0.15, 0.2) is 29.3 Å². The lowest BCUT2D eigenvalue weighted by Crippen LogP contribution is -2.44. The maximum Gasteiger partial charge on any atom is 0.416 e. The lowest BCUT2D eigenvalue weighted by Gasteiger charge is -2.23. The Balaban J connectivity index is 1.88. The van der Waals surface area contributed by atoms with Crippen LogP contribution in [0.25, 0.3) is 0 Å². The van der Waals surface area contributed by atoms with Gasteiger partial charge in [-0.3, -0.25) is 0 Å². The summed E-state index contributed by atoms with van der Waals surface area (Å²) in [5, 5.41) is 2.72. The van der Waals surface area contributed by atoms with E-state index in [-0.39, 0.29) is 37.2 Å². The zero-order valence-corrected chi connectivity index (χ0v) is 13.5. The molecule has 1 unspecified atom stereocenters. The molecular formula is C14H18F3N3O3S. The summed E-state index contributed by atoms with van der Waals surface area (Å²) in [7, 11) is -3.11. The number of hydrogen-bond donors (Lipinski definition) is 2. The molecule has 0 radical (unpaired) electrons. The minimum Gasteiger partial charge on any atom is -0.374 e. The molecule has 1 aliphatic rings. The predicted octanol–water partition coefficient (Wildman–Crippen LogP) is 0.923. The van der Waals surface area contributed by atoms with E-state index in [9.17, 15) is 21.6 Å². The molecule has 0 amide bonds. The molecule has 10 heteroatoms. The van der Waals surface area contributed by atoms with Crippen molar-refractivity contribution in [1.82, 2.24) is 5.32 Å². The van der Waals surface area contributed by atoms with Crippen LogP contribution in [0.1, 0.15) is 11.1 Å². The fraction of sp³-hybridized carbons (Fsp3) is 0.500. The summed E-state index contributed by atoms with van der Waals surface area (Å²) in [5.41, 5.74) is 5.26. The van der Waals surface area contributed by atoms with Crippen molar-refractivity contribution in [3.8, 4) is 0 Å². The quantitative estimate of drug-likeness (QED) is 0.611. The van der Waals surface area contributed by atoms with E-state index in [4.69, 9.17) is 10.5 Å². The molecule has 1 aliphatic heterocycles. The number of ether oxygens (including phenoxy) is 1. The topological polar surface area (TPSA) is 93.8 Å². The average molecular weight is 365 g/mol. The minimum absolute atomic E-state index is 0.00260. The number of sulfone groups is 1. The molecule has 0 aliphatic carbocycles. The maximum atomic E-state index is 12.6. The Kier molecular flexibility index (Phi) is 5.70. The van der Waals surface area contributed by atoms with Crippen molar-refractivity contribution in [3.63, 3.8) is 0 Å². The van der Waals surface area contributed by atoms with Gasteiger partial charge in [0.05, 0.1) is 36.3 Å². The van der Waals surface area contributed by atoms with Gasteiger partial charge in [-0.05, 0) is 17.7 Å². The number of aliphatic imine (C=N–C) groups is 1. The van der Waals surface area contributed by atoms with Crippen molar-refractivity contribution in [2.75, 3.05) is 24.7 Å². The number of nitrogens with one attached hydrogen (secondary N) is 1. The molecule has 1 fully saturated rings. The van der Waals surface area contributed by atoms with E-state index < -0.39 is 27.7 Å². The second-order valence-corrected chi connectivity index (χ2v) is 7.62. The zero-order chi connectivity index (χ0) is 17.8. The van der Waals surface area contributed by atoms with E-state index in [0.29, 0.717) is 5.56 Å². The van der Waals surface area contributed by atoms with Crippen molar-refractivity contribution in [2.24, 2.45) is 10.7 Å². The highest BCUT2D eigenvalue weighted by Crippen LogP contribution is 2.29. The third kappa shape index (κ3) is 5.68. The molecule has 24 heavy (non-hydrogen) atoms. The molecule has 1 saturated heterocycles. The third-order valence-corrected chi connectivity index (χ3v) is 5.05. The van der Waals surface area contributed by atoms with Crippen LogP contribution in [0, 0.1) is 0 Å². The molecule has 6 nitrogen and oxygen atoms in total. The Labute approximate surface area is 137 Å². The summed E-state index contributed by atoms with van der Waals surface area (Å²) in [4.78, 5) is 3.95. The van der Waals surface area contributed by atoms with Crippen molar-refractivity contribution in [1.29, 1.82) is 0 Å². The Hall–Kier alpha value is -1.81. The number of alkyl halides is 3. The molecule has 2 rings (SSSR count). The van der Waals surface area contributed by atoms with Crippen LogP contribution >= 0.6 is 0 Å². The highest BCUT2D eigenvalue weighted by Gasteiger charge is 2.30. The van der Waals surface area contributed by atoms with Crippen molar-refractivity contribution in [3.05, 3.63) is 35.4 Å². The van der Waals surface area contributed by atoms with Crippen molar-refractivity contribution >= 4 is 15.8 Å². The summed E-state index contributed by atoms with van der Waals surface area (Å²) in [6.07, 6.45) is -4.93. The van der Waals surface area contributed by atoms with Crippen LogP contribution in [0.4, 0.5) is 13.2 Å². The molecule has 1 aromatic carbocycles. The van der Waals surface area contributed by atoms with Crippen LogP contribution < -0.4 is 11.1 Å². The van der Waals surface area contributed by atoms with E-state index in [1.54, 1.807) is 0 Å². The fourth-order valence-corrected chi connectivity index (χ4v) is 3.47. The normalized spacial score (nSPS) is 21.5.